The molecule has 0 aromatic heterocycles. The molecule has 0 aliphatic carbocycles. The number of rotatable bonds is 15. The van der Waals surface area contributed by atoms with Crippen LogP contribution >= 0.6 is 0 Å². The third-order valence-electron chi connectivity index (χ3n) is 3.71. The molecule has 138 valence electrons. The van der Waals surface area contributed by atoms with E-state index in [2.05, 4.69) is 19.1 Å². The molecule has 0 amide bonds. The highest BCUT2D eigenvalue weighted by Gasteiger charge is 2.12. The van der Waals surface area contributed by atoms with E-state index in [9.17, 15) is 15.0 Å². The number of hydrogen-bond donors (Lipinski definition) is 3. The molecule has 2 atom stereocenters. The van der Waals surface area contributed by atoms with Gasteiger partial charge in [0.25, 0.3) is 0 Å². The number of carbonyl (C=O) groups is 1. The predicted molar refractivity (Wildman–Crippen MR) is 98.9 cm³/mol. The Hall–Kier alpha value is -1.39. The molecule has 0 spiro atoms. The maximum absolute atomic E-state index is 10.3. The number of carboxylic acid groups (broad SMARTS) is 1. The van der Waals surface area contributed by atoms with Crippen molar-refractivity contribution in [3.05, 3.63) is 36.5 Å². The number of aliphatic hydroxyl groups is 2. The summed E-state index contributed by atoms with van der Waals surface area (Å²) >= 11 is 0. The van der Waals surface area contributed by atoms with Gasteiger partial charge in [-0.05, 0) is 44.9 Å². The van der Waals surface area contributed by atoms with E-state index in [4.69, 9.17) is 5.11 Å². The second-order valence-electron chi connectivity index (χ2n) is 6.04. The normalized spacial score (nSPS) is 14.8. The van der Waals surface area contributed by atoms with Crippen LogP contribution in [0.4, 0.5) is 0 Å². The van der Waals surface area contributed by atoms with Gasteiger partial charge in [0.1, 0.15) is 0 Å². The molecule has 0 radical (unpaired) electrons. The second kappa shape index (κ2) is 16.5. The third-order valence-corrected chi connectivity index (χ3v) is 3.71. The van der Waals surface area contributed by atoms with Gasteiger partial charge in [-0.15, -0.1) is 0 Å². The molecule has 4 heteroatoms. The van der Waals surface area contributed by atoms with Gasteiger partial charge in [-0.1, -0.05) is 56.2 Å². The molecule has 0 fully saturated rings. The zero-order chi connectivity index (χ0) is 18.0. The maximum atomic E-state index is 10.3. The van der Waals surface area contributed by atoms with Gasteiger partial charge >= 0.3 is 5.97 Å². The molecule has 0 aromatic rings. The fraction of sp³-hybridized carbons (Fsp3) is 0.650. The summed E-state index contributed by atoms with van der Waals surface area (Å²) in [4.78, 5) is 10.3. The molecule has 0 aromatic carbocycles. The van der Waals surface area contributed by atoms with E-state index in [0.29, 0.717) is 25.7 Å². The predicted octanol–water partition coefficient (Wildman–Crippen LogP) is 4.38. The van der Waals surface area contributed by atoms with Crippen molar-refractivity contribution in [2.75, 3.05) is 0 Å². The molecule has 0 aliphatic heterocycles. The summed E-state index contributed by atoms with van der Waals surface area (Å²) in [7, 11) is 0. The minimum absolute atomic E-state index is 0.160. The van der Waals surface area contributed by atoms with Gasteiger partial charge in [0.15, 0.2) is 0 Å². The summed E-state index contributed by atoms with van der Waals surface area (Å²) in [5, 5.41) is 28.2. The van der Waals surface area contributed by atoms with E-state index in [1.165, 1.54) is 19.3 Å². The number of aliphatic hydroxyl groups excluding tert-OH is 2. The number of allylic oxidation sites excluding steroid dienone is 4. The Balaban J connectivity index is 3.70. The molecule has 0 unspecified atom stereocenters. The van der Waals surface area contributed by atoms with Gasteiger partial charge in [0.05, 0.1) is 12.2 Å². The Kier molecular flexibility index (Phi) is 15.5. The van der Waals surface area contributed by atoms with Crippen molar-refractivity contribution in [3.63, 3.8) is 0 Å². The van der Waals surface area contributed by atoms with E-state index < -0.39 is 18.2 Å². The lowest BCUT2D eigenvalue weighted by molar-refractivity contribution is -0.137. The fourth-order valence-electron chi connectivity index (χ4n) is 2.18. The monoisotopic (exact) mass is 338 g/mol. The molecule has 0 aliphatic rings. The lowest BCUT2D eigenvalue weighted by Gasteiger charge is -2.14. The largest absolute Gasteiger partial charge is 0.481 e. The quantitative estimate of drug-likeness (QED) is 0.306. The smallest absolute Gasteiger partial charge is 0.303 e. The first-order valence-electron chi connectivity index (χ1n) is 9.10. The van der Waals surface area contributed by atoms with Crippen LogP contribution in [0.15, 0.2) is 36.5 Å². The first-order chi connectivity index (χ1) is 11.6. The van der Waals surface area contributed by atoms with Crippen LogP contribution in [-0.2, 0) is 4.79 Å². The lowest BCUT2D eigenvalue weighted by atomic mass is 10.1. The second-order valence-corrected chi connectivity index (χ2v) is 6.04. The molecule has 0 saturated carbocycles. The highest BCUT2D eigenvalue weighted by atomic mass is 16.4. The molecule has 24 heavy (non-hydrogen) atoms. The Morgan fingerprint density at radius 2 is 1.38 bits per heavy atom. The highest BCUT2D eigenvalue weighted by Crippen LogP contribution is 2.07. The van der Waals surface area contributed by atoms with Crippen molar-refractivity contribution in [1.29, 1.82) is 0 Å². The molecule has 4 nitrogen and oxygen atoms in total. The topological polar surface area (TPSA) is 77.8 Å². The van der Waals surface area contributed by atoms with Crippen LogP contribution in [0, 0.1) is 0 Å². The molecule has 0 rings (SSSR count). The standard InChI is InChI=1S/C20H34O4/c1-2-3-4-5-6-7-8-9-12-15-18(21)19(22)16-13-10-11-14-17-20(23)24/h6-7,9-10,12-13,18-19,21-22H,2-5,8,11,14-17H2,1H3,(H,23,24)/b7-6-,12-9-,13-10-/t18-,19-/m1/s1. The molecule has 0 bridgehead atoms. The number of unbranched alkanes of at least 4 members (excludes halogenated alkanes) is 4. The average Bonchev–Trinajstić information content (AvgIpc) is 2.55. The molecular weight excluding hydrogens is 304 g/mol. The third kappa shape index (κ3) is 15.5. The van der Waals surface area contributed by atoms with Crippen LogP contribution in [0.5, 0.6) is 0 Å². The molecule has 0 saturated heterocycles. The van der Waals surface area contributed by atoms with Gasteiger partial charge in [-0.3, -0.25) is 4.79 Å². The Morgan fingerprint density at radius 1 is 0.833 bits per heavy atom. The van der Waals surface area contributed by atoms with Gasteiger partial charge in [-0.25, -0.2) is 0 Å². The fourth-order valence-corrected chi connectivity index (χ4v) is 2.18. The van der Waals surface area contributed by atoms with E-state index in [0.717, 1.165) is 12.8 Å². The van der Waals surface area contributed by atoms with E-state index in [1.54, 1.807) is 6.08 Å². The molecule has 0 heterocycles. The van der Waals surface area contributed by atoms with Crippen molar-refractivity contribution < 1.29 is 20.1 Å². The van der Waals surface area contributed by atoms with E-state index in [1.807, 2.05) is 18.2 Å². The summed E-state index contributed by atoms with van der Waals surface area (Å²) in [5.41, 5.74) is 0. The summed E-state index contributed by atoms with van der Waals surface area (Å²) < 4.78 is 0. The first-order valence-corrected chi connectivity index (χ1v) is 9.10. The summed E-state index contributed by atoms with van der Waals surface area (Å²) in [6, 6.07) is 0. The van der Waals surface area contributed by atoms with Crippen molar-refractivity contribution >= 4 is 5.97 Å². The zero-order valence-corrected chi connectivity index (χ0v) is 14.9. The molecular formula is C20H34O4. The minimum atomic E-state index is -0.790. The Labute approximate surface area is 146 Å². The Morgan fingerprint density at radius 3 is 2.00 bits per heavy atom. The molecule has 3 N–H and O–H groups in total. The number of aliphatic carboxylic acids is 1. The van der Waals surface area contributed by atoms with E-state index >= 15 is 0 Å². The zero-order valence-electron chi connectivity index (χ0n) is 14.9. The van der Waals surface area contributed by atoms with Gasteiger partial charge < -0.3 is 15.3 Å². The number of hydrogen-bond acceptors (Lipinski definition) is 3. The summed E-state index contributed by atoms with van der Waals surface area (Å²) in [6.07, 6.45) is 18.4. The van der Waals surface area contributed by atoms with Crippen molar-refractivity contribution in [2.45, 2.75) is 83.3 Å². The van der Waals surface area contributed by atoms with Crippen LogP contribution in [0.25, 0.3) is 0 Å². The van der Waals surface area contributed by atoms with Crippen molar-refractivity contribution in [2.24, 2.45) is 0 Å². The van der Waals surface area contributed by atoms with Crippen LogP contribution in [0.2, 0.25) is 0 Å². The maximum Gasteiger partial charge on any atom is 0.303 e. The average molecular weight is 338 g/mol. The van der Waals surface area contributed by atoms with Crippen molar-refractivity contribution in [3.8, 4) is 0 Å². The van der Waals surface area contributed by atoms with Crippen LogP contribution < -0.4 is 0 Å². The Bertz CT molecular complexity index is 385. The highest BCUT2D eigenvalue weighted by molar-refractivity contribution is 5.66. The minimum Gasteiger partial charge on any atom is -0.481 e. The van der Waals surface area contributed by atoms with Gasteiger partial charge in [-0.2, -0.15) is 0 Å². The SMILES string of the molecule is CCCCC/C=C\C/C=C\C[C@@H](O)[C@H](O)C/C=C\CCCC(=O)O. The van der Waals surface area contributed by atoms with Gasteiger partial charge in [0.2, 0.25) is 0 Å². The summed E-state index contributed by atoms with van der Waals surface area (Å²) in [5.74, 6) is -0.790. The van der Waals surface area contributed by atoms with Crippen LogP contribution in [0.3, 0.4) is 0 Å². The first kappa shape index (κ1) is 22.6. The van der Waals surface area contributed by atoms with E-state index in [-0.39, 0.29) is 6.42 Å². The van der Waals surface area contributed by atoms with Crippen LogP contribution in [0.1, 0.15) is 71.1 Å². The summed E-state index contributed by atoms with van der Waals surface area (Å²) in [6.45, 7) is 2.20. The van der Waals surface area contributed by atoms with Gasteiger partial charge in [0, 0.05) is 6.42 Å². The number of carboxylic acids is 1. The van der Waals surface area contributed by atoms with Crippen molar-refractivity contribution in [1.82, 2.24) is 0 Å². The lowest BCUT2D eigenvalue weighted by Crippen LogP contribution is -2.24. The van der Waals surface area contributed by atoms with Crippen LogP contribution in [-0.4, -0.2) is 33.5 Å².